The molecule has 1 N–H and O–H groups in total. The predicted octanol–water partition coefficient (Wildman–Crippen LogP) is 3.38. The van der Waals surface area contributed by atoms with E-state index in [1.54, 1.807) is 29.6 Å². The van der Waals surface area contributed by atoms with E-state index < -0.39 is 15.9 Å². The highest BCUT2D eigenvalue weighted by molar-refractivity contribution is 7.90. The highest BCUT2D eigenvalue weighted by atomic mass is 32.2. The van der Waals surface area contributed by atoms with Crippen molar-refractivity contribution in [3.63, 3.8) is 0 Å². The van der Waals surface area contributed by atoms with Crippen LogP contribution in [0.25, 0.3) is 0 Å². The minimum absolute atomic E-state index is 0.0410. The number of aromatic nitrogens is 2. The fourth-order valence-corrected chi connectivity index (χ4v) is 4.27. The van der Waals surface area contributed by atoms with Crippen molar-refractivity contribution in [1.82, 2.24) is 9.97 Å². The number of benzene rings is 2. The van der Waals surface area contributed by atoms with Crippen LogP contribution in [-0.2, 0) is 27.7 Å². The van der Waals surface area contributed by atoms with E-state index in [1.165, 1.54) is 12.1 Å². The Morgan fingerprint density at radius 1 is 1.24 bits per heavy atom. The molecule has 0 radical (unpaired) electrons. The van der Waals surface area contributed by atoms with E-state index >= 15 is 0 Å². The summed E-state index contributed by atoms with van der Waals surface area (Å²) >= 11 is 0. The second-order valence-corrected chi connectivity index (χ2v) is 9.73. The van der Waals surface area contributed by atoms with Crippen molar-refractivity contribution in [2.24, 2.45) is 0 Å². The second-order valence-electron chi connectivity index (χ2n) is 7.71. The number of rotatable bonds is 7. The molecule has 0 fully saturated rings. The second kappa shape index (κ2) is 9.53. The number of imidazole rings is 1. The number of nitrogens with one attached hydrogen (secondary N) is 1. The predicted molar refractivity (Wildman–Crippen MR) is 124 cm³/mol. The molecule has 0 aliphatic carbocycles. The number of sulfone groups is 1. The normalized spacial score (nSPS) is 13.2. The van der Waals surface area contributed by atoms with Gasteiger partial charge >= 0.3 is 6.09 Å². The molecule has 4 rings (SSSR count). The summed E-state index contributed by atoms with van der Waals surface area (Å²) in [5.74, 6) is 0.764. The van der Waals surface area contributed by atoms with E-state index in [0.29, 0.717) is 30.9 Å². The highest BCUT2D eigenvalue weighted by Gasteiger charge is 2.23. The van der Waals surface area contributed by atoms with Crippen molar-refractivity contribution in [2.75, 3.05) is 35.8 Å². The van der Waals surface area contributed by atoms with E-state index in [2.05, 4.69) is 14.9 Å². The van der Waals surface area contributed by atoms with E-state index in [-0.39, 0.29) is 11.5 Å². The minimum Gasteiger partial charge on any atom is -0.490 e. The number of ether oxygens (including phenoxy) is 2. The van der Waals surface area contributed by atoms with Gasteiger partial charge in [0.15, 0.2) is 9.84 Å². The zero-order valence-corrected chi connectivity index (χ0v) is 19.3. The maximum absolute atomic E-state index is 12.8. The summed E-state index contributed by atoms with van der Waals surface area (Å²) in [4.78, 5) is 24.0. The third-order valence-corrected chi connectivity index (χ3v) is 6.51. The first-order valence-corrected chi connectivity index (χ1v) is 12.5. The molecule has 1 aliphatic rings. The third kappa shape index (κ3) is 5.28. The zero-order valence-electron chi connectivity index (χ0n) is 18.5. The van der Waals surface area contributed by atoms with Crippen LogP contribution in [-0.4, -0.2) is 50.4 Å². The van der Waals surface area contributed by atoms with Gasteiger partial charge in [0.25, 0.3) is 0 Å². The van der Waals surface area contributed by atoms with Crippen molar-refractivity contribution in [3.05, 3.63) is 66.2 Å². The number of nitrogens with zero attached hydrogens (tertiary/aromatic N) is 3. The average molecular weight is 471 g/mol. The molecule has 0 bridgehead atoms. The third-order valence-electron chi connectivity index (χ3n) is 5.38. The Hall–Kier alpha value is -3.53. The van der Waals surface area contributed by atoms with Crippen LogP contribution in [0.4, 0.5) is 16.2 Å². The van der Waals surface area contributed by atoms with E-state index in [0.717, 1.165) is 29.9 Å². The first-order chi connectivity index (χ1) is 15.8. The lowest BCUT2D eigenvalue weighted by Gasteiger charge is -2.32. The maximum atomic E-state index is 12.8. The van der Waals surface area contributed by atoms with Crippen molar-refractivity contribution in [2.45, 2.75) is 25.0 Å². The summed E-state index contributed by atoms with van der Waals surface area (Å²) in [6.07, 6.45) is 4.11. The number of aromatic amines is 1. The van der Waals surface area contributed by atoms with Gasteiger partial charge < -0.3 is 19.4 Å². The van der Waals surface area contributed by atoms with Crippen molar-refractivity contribution in [1.29, 1.82) is 0 Å². The first-order valence-electron chi connectivity index (χ1n) is 10.6. The van der Waals surface area contributed by atoms with E-state index in [1.807, 2.05) is 25.1 Å². The number of anilines is 2. The Kier molecular flexibility index (Phi) is 6.55. The fourth-order valence-electron chi connectivity index (χ4n) is 3.64. The molecule has 1 aliphatic heterocycles. The summed E-state index contributed by atoms with van der Waals surface area (Å²) in [6, 6.07) is 11.9. The molecule has 10 heteroatoms. The van der Waals surface area contributed by atoms with Crippen molar-refractivity contribution >= 4 is 27.3 Å². The van der Waals surface area contributed by atoms with Gasteiger partial charge in [0.2, 0.25) is 0 Å². The number of carbonyl (C=O) groups excluding carboxylic acids is 1. The number of fused-ring (bicyclic) bond motifs is 1. The molecular formula is C23H26N4O5S. The Balaban J connectivity index is 1.47. The Labute approximate surface area is 192 Å². The van der Waals surface area contributed by atoms with Crippen LogP contribution in [0.1, 0.15) is 18.2 Å². The monoisotopic (exact) mass is 470 g/mol. The smallest absolute Gasteiger partial charge is 0.414 e. The zero-order chi connectivity index (χ0) is 23.4. The molecule has 0 saturated heterocycles. The summed E-state index contributed by atoms with van der Waals surface area (Å²) in [5.41, 5.74) is 3.29. The van der Waals surface area contributed by atoms with Gasteiger partial charge in [-0.2, -0.15) is 0 Å². The molecule has 0 saturated carbocycles. The van der Waals surface area contributed by atoms with Gasteiger partial charge in [0, 0.05) is 24.7 Å². The van der Waals surface area contributed by atoms with Crippen LogP contribution < -0.4 is 14.5 Å². The van der Waals surface area contributed by atoms with Crippen molar-refractivity contribution < 1.29 is 22.7 Å². The number of hydrogen-bond acceptors (Lipinski definition) is 7. The van der Waals surface area contributed by atoms with Crippen LogP contribution in [0.5, 0.6) is 5.75 Å². The molecule has 0 spiro atoms. The van der Waals surface area contributed by atoms with E-state index in [9.17, 15) is 13.2 Å². The molecule has 9 nitrogen and oxygen atoms in total. The van der Waals surface area contributed by atoms with Gasteiger partial charge in [-0.05, 0) is 42.8 Å². The number of hydrogen-bond donors (Lipinski definition) is 1. The van der Waals surface area contributed by atoms with E-state index in [4.69, 9.17) is 9.47 Å². The van der Waals surface area contributed by atoms with Crippen LogP contribution in [0.15, 0.2) is 59.9 Å². The quantitative estimate of drug-likeness (QED) is 0.564. The van der Waals surface area contributed by atoms with Gasteiger partial charge in [0.05, 0.1) is 35.7 Å². The van der Waals surface area contributed by atoms with Gasteiger partial charge in [0.1, 0.15) is 19.0 Å². The molecule has 33 heavy (non-hydrogen) atoms. The maximum Gasteiger partial charge on any atom is 0.414 e. The summed E-state index contributed by atoms with van der Waals surface area (Å²) in [7, 11) is -3.27. The lowest BCUT2D eigenvalue weighted by molar-refractivity contribution is 0.147. The Morgan fingerprint density at radius 2 is 2.03 bits per heavy atom. The van der Waals surface area contributed by atoms with Crippen molar-refractivity contribution in [3.8, 4) is 5.75 Å². The van der Waals surface area contributed by atoms with Gasteiger partial charge in [-0.1, -0.05) is 12.1 Å². The van der Waals surface area contributed by atoms with Gasteiger partial charge in [-0.25, -0.2) is 18.2 Å². The number of H-pyrrole nitrogens is 1. The summed E-state index contributed by atoms with van der Waals surface area (Å²) < 4.78 is 34.5. The van der Waals surface area contributed by atoms with Crippen LogP contribution in [0, 0.1) is 0 Å². The SMILES string of the molecule is CCN(C(=O)OCc1ccc(S(C)(=O)=O)cc1)c1ccc2c(c1)N(Cc1cnc[nH]1)CCO2. The molecule has 1 aromatic heterocycles. The largest absolute Gasteiger partial charge is 0.490 e. The highest BCUT2D eigenvalue weighted by Crippen LogP contribution is 2.36. The summed E-state index contributed by atoms with van der Waals surface area (Å²) in [6.45, 7) is 4.29. The van der Waals surface area contributed by atoms with Crippen LogP contribution in [0.2, 0.25) is 0 Å². The molecule has 2 aromatic carbocycles. The molecule has 0 atom stereocenters. The molecule has 2 heterocycles. The Bertz CT molecular complexity index is 1210. The molecule has 174 valence electrons. The Morgan fingerprint density at radius 3 is 2.70 bits per heavy atom. The minimum atomic E-state index is -3.27. The lowest BCUT2D eigenvalue weighted by Crippen LogP contribution is -2.34. The number of carbonyl (C=O) groups is 1. The molecule has 0 unspecified atom stereocenters. The topological polar surface area (TPSA) is 105 Å². The molecule has 1 amide bonds. The number of amides is 1. The lowest BCUT2D eigenvalue weighted by atomic mass is 10.2. The van der Waals surface area contributed by atoms with Crippen LogP contribution in [0.3, 0.4) is 0 Å². The van der Waals surface area contributed by atoms with Gasteiger partial charge in [-0.15, -0.1) is 0 Å². The summed E-state index contributed by atoms with van der Waals surface area (Å²) in [5, 5.41) is 0. The first kappa shape index (κ1) is 22.7. The fraction of sp³-hybridized carbons (Fsp3) is 0.304. The van der Waals surface area contributed by atoms with Gasteiger partial charge in [-0.3, -0.25) is 4.90 Å². The van der Waals surface area contributed by atoms with Crippen LogP contribution >= 0.6 is 0 Å². The standard InChI is InChI=1S/C23H26N4O5S/c1-3-27(23(28)32-15-17-4-7-20(8-5-17)33(2,29)30)19-6-9-22-21(12-19)26(10-11-31-22)14-18-13-24-16-25-18/h4-9,12-13,16H,3,10-11,14-15H2,1-2H3,(H,24,25). The molecular weight excluding hydrogens is 444 g/mol. The average Bonchev–Trinajstić information content (AvgIpc) is 3.31. The molecule has 3 aromatic rings.